The van der Waals surface area contributed by atoms with Crippen molar-refractivity contribution in [2.24, 2.45) is 0 Å². The summed E-state index contributed by atoms with van der Waals surface area (Å²) in [6.45, 7) is 8.33. The van der Waals surface area contributed by atoms with Crippen LogP contribution in [0.3, 0.4) is 0 Å². The lowest BCUT2D eigenvalue weighted by molar-refractivity contribution is -0.116. The highest BCUT2D eigenvalue weighted by atomic mass is 32.2. The van der Waals surface area contributed by atoms with Crippen LogP contribution in [0.15, 0.2) is 64.3 Å². The number of nitrogens with zero attached hydrogens (tertiary/aromatic N) is 1. The summed E-state index contributed by atoms with van der Waals surface area (Å²) >= 11 is 1.32. The van der Waals surface area contributed by atoms with Gasteiger partial charge in [0.05, 0.1) is 28.3 Å². The zero-order chi connectivity index (χ0) is 25.1. The fourth-order valence-corrected chi connectivity index (χ4v) is 5.46. The minimum atomic E-state index is -0.407. The number of carbonyl (C=O) groups is 2. The van der Waals surface area contributed by atoms with E-state index in [1.807, 2.05) is 44.2 Å². The summed E-state index contributed by atoms with van der Waals surface area (Å²) in [4.78, 5) is 25.7. The van der Waals surface area contributed by atoms with E-state index in [4.69, 9.17) is 0 Å². The number of rotatable bonds is 6. The number of ketones is 1. The van der Waals surface area contributed by atoms with Crippen LogP contribution in [0.25, 0.3) is 0 Å². The van der Waals surface area contributed by atoms with E-state index in [1.165, 1.54) is 22.9 Å². The minimum absolute atomic E-state index is 0.0981. The molecule has 2 aromatic rings. The second-order valence-corrected chi connectivity index (χ2v) is 10.5. The van der Waals surface area contributed by atoms with Crippen molar-refractivity contribution in [3.8, 4) is 6.07 Å². The molecule has 6 heteroatoms. The van der Waals surface area contributed by atoms with Crippen LogP contribution >= 0.6 is 11.8 Å². The highest BCUT2D eigenvalue weighted by molar-refractivity contribution is 8.03. The third-order valence-electron chi connectivity index (χ3n) is 6.74. The van der Waals surface area contributed by atoms with Crippen molar-refractivity contribution in [3.05, 3.63) is 86.6 Å². The van der Waals surface area contributed by atoms with E-state index < -0.39 is 5.92 Å². The Bertz CT molecular complexity index is 1270. The summed E-state index contributed by atoms with van der Waals surface area (Å²) in [5.41, 5.74) is 7.29. The predicted octanol–water partition coefficient (Wildman–Crippen LogP) is 6.23. The number of nitriles is 1. The van der Waals surface area contributed by atoms with E-state index in [1.54, 1.807) is 0 Å². The first-order valence-corrected chi connectivity index (χ1v) is 13.0. The van der Waals surface area contributed by atoms with E-state index in [9.17, 15) is 14.9 Å². The van der Waals surface area contributed by atoms with Gasteiger partial charge in [0.2, 0.25) is 5.91 Å². The smallest absolute Gasteiger partial charge is 0.234 e. The molecule has 2 aliphatic rings. The largest absolute Gasteiger partial charge is 0.352 e. The van der Waals surface area contributed by atoms with Gasteiger partial charge in [0.1, 0.15) is 0 Å². The van der Waals surface area contributed by atoms with Gasteiger partial charge in [-0.2, -0.15) is 5.26 Å². The lowest BCUT2D eigenvalue weighted by atomic mass is 9.76. The highest BCUT2D eigenvalue weighted by Gasteiger charge is 2.37. The van der Waals surface area contributed by atoms with Gasteiger partial charge in [-0.05, 0) is 67.0 Å². The maximum atomic E-state index is 13.0. The van der Waals surface area contributed by atoms with Gasteiger partial charge in [-0.25, -0.2) is 0 Å². The van der Waals surface area contributed by atoms with Crippen molar-refractivity contribution in [1.29, 1.82) is 5.26 Å². The standard InChI is InChI=1S/C29H31N3O2S/c1-17(2)20-9-11-21(12-10-20)27-23(15-30)29(32-24-6-5-7-25(33)28(24)27)35-16-26(34)31-22-13-8-18(3)19(4)14-22/h8-14,17,27,32H,5-7,16H2,1-4H3,(H,31,34)/t27-/m1/s1. The number of allylic oxidation sites excluding steroid dienone is 3. The second-order valence-electron chi connectivity index (χ2n) is 9.54. The first-order chi connectivity index (χ1) is 16.8. The molecule has 4 rings (SSSR count). The molecule has 1 aliphatic heterocycles. The minimum Gasteiger partial charge on any atom is -0.352 e. The van der Waals surface area contributed by atoms with Gasteiger partial charge >= 0.3 is 0 Å². The number of amides is 1. The summed E-state index contributed by atoms with van der Waals surface area (Å²) in [7, 11) is 0. The van der Waals surface area contributed by atoms with Crippen molar-refractivity contribution in [3.63, 3.8) is 0 Å². The van der Waals surface area contributed by atoms with Crippen molar-refractivity contribution in [1.82, 2.24) is 5.32 Å². The Hall–Kier alpha value is -3.30. The Kier molecular flexibility index (Phi) is 7.47. The molecule has 1 aliphatic carbocycles. The van der Waals surface area contributed by atoms with Gasteiger partial charge in [-0.15, -0.1) is 0 Å². The van der Waals surface area contributed by atoms with Gasteiger partial charge in [-0.1, -0.05) is 55.9 Å². The molecule has 0 unspecified atom stereocenters. The molecule has 0 bridgehead atoms. The van der Waals surface area contributed by atoms with Crippen LogP contribution in [0.1, 0.15) is 67.2 Å². The van der Waals surface area contributed by atoms with E-state index >= 15 is 0 Å². The lowest BCUT2D eigenvalue weighted by Crippen LogP contribution is -2.31. The van der Waals surface area contributed by atoms with Gasteiger partial charge in [0.25, 0.3) is 0 Å². The van der Waals surface area contributed by atoms with Crippen LogP contribution in [0.5, 0.6) is 0 Å². The Balaban J connectivity index is 1.61. The monoisotopic (exact) mass is 485 g/mol. The number of Topliss-reactive ketones (excluding diaryl/α,β-unsaturated/α-hetero) is 1. The van der Waals surface area contributed by atoms with Crippen LogP contribution in [-0.2, 0) is 9.59 Å². The predicted molar refractivity (Wildman–Crippen MR) is 142 cm³/mol. The number of anilines is 1. The molecule has 35 heavy (non-hydrogen) atoms. The number of hydrogen-bond donors (Lipinski definition) is 2. The molecule has 1 heterocycles. The number of dihydropyridines is 1. The normalized spacial score (nSPS) is 17.7. The SMILES string of the molecule is Cc1ccc(NC(=O)CSC2=C(C#N)[C@@H](c3ccc(C(C)C)cc3)C3=C(CCCC3=O)N2)cc1C. The third-order valence-corrected chi connectivity index (χ3v) is 7.75. The van der Waals surface area contributed by atoms with Crippen molar-refractivity contribution < 1.29 is 9.59 Å². The molecule has 2 aromatic carbocycles. The van der Waals surface area contributed by atoms with Crippen molar-refractivity contribution in [2.75, 3.05) is 11.1 Å². The molecule has 0 aromatic heterocycles. The Labute approximate surface area is 211 Å². The molecule has 0 spiro atoms. The Morgan fingerprint density at radius 2 is 1.89 bits per heavy atom. The van der Waals surface area contributed by atoms with E-state index in [0.717, 1.165) is 35.4 Å². The molecule has 2 N–H and O–H groups in total. The maximum Gasteiger partial charge on any atom is 0.234 e. The topological polar surface area (TPSA) is 82.0 Å². The van der Waals surface area contributed by atoms with Crippen LogP contribution in [-0.4, -0.2) is 17.4 Å². The molecular formula is C29H31N3O2S. The average Bonchev–Trinajstić information content (AvgIpc) is 2.84. The number of nitrogens with one attached hydrogen (secondary N) is 2. The van der Waals surface area contributed by atoms with Crippen LogP contribution in [0.4, 0.5) is 5.69 Å². The fourth-order valence-electron chi connectivity index (χ4n) is 4.60. The maximum absolute atomic E-state index is 13.0. The van der Waals surface area contributed by atoms with E-state index in [2.05, 4.69) is 42.7 Å². The lowest BCUT2D eigenvalue weighted by Gasteiger charge is -2.33. The summed E-state index contributed by atoms with van der Waals surface area (Å²) in [6.07, 6.45) is 2.05. The summed E-state index contributed by atoms with van der Waals surface area (Å²) < 4.78 is 0. The van der Waals surface area contributed by atoms with Crippen molar-refractivity contribution >= 4 is 29.1 Å². The molecular weight excluding hydrogens is 454 g/mol. The van der Waals surface area contributed by atoms with Crippen molar-refractivity contribution in [2.45, 2.75) is 58.8 Å². The molecule has 0 fully saturated rings. The molecule has 0 radical (unpaired) electrons. The number of carbonyl (C=O) groups excluding carboxylic acids is 2. The number of thioether (sulfide) groups is 1. The summed E-state index contributed by atoms with van der Waals surface area (Å²) in [5.74, 6) is 0.116. The first kappa shape index (κ1) is 24.8. The van der Waals surface area contributed by atoms with Gasteiger partial charge in [0.15, 0.2) is 5.78 Å². The van der Waals surface area contributed by atoms with Crippen LogP contribution in [0.2, 0.25) is 0 Å². The highest BCUT2D eigenvalue weighted by Crippen LogP contribution is 2.44. The summed E-state index contributed by atoms with van der Waals surface area (Å²) in [5, 5.41) is 17.1. The van der Waals surface area contributed by atoms with Gasteiger partial charge in [0, 0.05) is 23.4 Å². The van der Waals surface area contributed by atoms with Crippen LogP contribution in [0, 0.1) is 25.2 Å². The first-order valence-electron chi connectivity index (χ1n) is 12.1. The van der Waals surface area contributed by atoms with E-state index in [-0.39, 0.29) is 17.4 Å². The zero-order valence-corrected chi connectivity index (χ0v) is 21.5. The van der Waals surface area contributed by atoms with Gasteiger partial charge in [-0.3, -0.25) is 9.59 Å². The molecule has 1 atom stereocenters. The zero-order valence-electron chi connectivity index (χ0n) is 20.7. The fraction of sp³-hybridized carbons (Fsp3) is 0.345. The second kappa shape index (κ2) is 10.5. The molecule has 1 amide bonds. The van der Waals surface area contributed by atoms with Gasteiger partial charge < -0.3 is 10.6 Å². The molecule has 5 nitrogen and oxygen atoms in total. The Morgan fingerprint density at radius 1 is 1.14 bits per heavy atom. The number of hydrogen-bond acceptors (Lipinski definition) is 5. The molecule has 0 saturated carbocycles. The third kappa shape index (κ3) is 5.36. The number of benzene rings is 2. The number of aryl methyl sites for hydroxylation is 2. The van der Waals surface area contributed by atoms with Crippen LogP contribution < -0.4 is 10.6 Å². The average molecular weight is 486 g/mol. The Morgan fingerprint density at radius 3 is 2.54 bits per heavy atom. The van der Waals surface area contributed by atoms with E-state index in [0.29, 0.717) is 28.5 Å². The quantitative estimate of drug-likeness (QED) is 0.507. The summed E-state index contributed by atoms with van der Waals surface area (Å²) in [6, 6.07) is 16.4. The molecule has 0 saturated heterocycles. The molecule has 180 valence electrons.